The molecular weight excluding hydrogens is 561 g/mol. The van der Waals surface area contributed by atoms with E-state index in [1.807, 2.05) is 0 Å². The van der Waals surface area contributed by atoms with Crippen molar-refractivity contribution in [3.63, 3.8) is 0 Å². The van der Waals surface area contributed by atoms with Gasteiger partial charge in [0, 0.05) is 5.54 Å². The third-order valence-electron chi connectivity index (χ3n) is 5.96. The summed E-state index contributed by atoms with van der Waals surface area (Å²) in [5.74, 6) is 1.05. The molecule has 0 aromatic heterocycles. The van der Waals surface area contributed by atoms with Gasteiger partial charge in [0.2, 0.25) is 8.32 Å². The average Bonchev–Trinajstić information content (AvgIpc) is 2.97. The van der Waals surface area contributed by atoms with E-state index >= 15 is 0 Å². The van der Waals surface area contributed by atoms with Crippen LogP contribution < -0.4 is 45.0 Å². The van der Waals surface area contributed by atoms with Gasteiger partial charge in [-0.15, -0.1) is 27.8 Å². The zero-order valence-electron chi connectivity index (χ0n) is 21.8. The number of fused-ring (bicyclic) bond motifs is 2. The van der Waals surface area contributed by atoms with Gasteiger partial charge in [0.25, 0.3) is 0 Å². The second-order valence-corrected chi connectivity index (χ2v) is 20.8. The molecule has 0 unspecified atom stereocenters. The van der Waals surface area contributed by atoms with Crippen LogP contribution in [0.4, 0.5) is 5.69 Å². The fourth-order valence-corrected chi connectivity index (χ4v) is 6.12. The fourth-order valence-electron chi connectivity index (χ4n) is 3.85. The van der Waals surface area contributed by atoms with Crippen LogP contribution in [0.1, 0.15) is 40.2 Å². The Morgan fingerprint density at radius 3 is 2.09 bits per heavy atom. The van der Waals surface area contributed by atoms with Crippen LogP contribution in [-0.4, -0.2) is 21.9 Å². The molecule has 179 valence electrons. The SMILES string of the molecule is CC[Si](C)(C)C(C)=c1c(O[Si](C)(C)C)cc2c(c1NC(C)(C)C)[C-]=c1ccccc1=2.[Cl-].[Cl-].[Zr+3]. The summed E-state index contributed by atoms with van der Waals surface area (Å²) in [6.07, 6.45) is 3.72. The van der Waals surface area contributed by atoms with E-state index in [0.717, 1.165) is 5.75 Å². The van der Waals surface area contributed by atoms with E-state index in [4.69, 9.17) is 4.43 Å². The van der Waals surface area contributed by atoms with Gasteiger partial charge < -0.3 is 34.6 Å². The van der Waals surface area contributed by atoms with Gasteiger partial charge in [0.05, 0.1) is 13.8 Å². The molecule has 0 aliphatic heterocycles. The summed E-state index contributed by atoms with van der Waals surface area (Å²) in [7, 11) is -3.36. The molecule has 3 rings (SSSR count). The minimum Gasteiger partial charge on any atom is -1.00 e. The Morgan fingerprint density at radius 2 is 1.58 bits per heavy atom. The molecule has 7 heteroatoms. The largest absolute Gasteiger partial charge is 3.00 e. The molecule has 0 saturated heterocycles. The monoisotopic (exact) mass is 596 g/mol. The van der Waals surface area contributed by atoms with Crippen LogP contribution in [0.5, 0.6) is 5.75 Å². The summed E-state index contributed by atoms with van der Waals surface area (Å²) in [5.41, 5.74) is 2.31. The third-order valence-corrected chi connectivity index (χ3v) is 10.8. The molecule has 1 radical (unpaired) electrons. The fraction of sp³-hybridized carbons (Fsp3) is 0.462. The smallest absolute Gasteiger partial charge is 1.00 e. The van der Waals surface area contributed by atoms with E-state index < -0.39 is 16.4 Å². The number of halogens is 2. The van der Waals surface area contributed by atoms with Gasteiger partial charge in [0.1, 0.15) is 0 Å². The summed E-state index contributed by atoms with van der Waals surface area (Å²) in [5, 5.41) is 10.3. The van der Waals surface area contributed by atoms with Crippen LogP contribution in [0.3, 0.4) is 0 Å². The molecule has 0 atom stereocenters. The zero-order chi connectivity index (χ0) is 22.5. The Morgan fingerprint density at radius 1 is 1.00 bits per heavy atom. The van der Waals surface area contributed by atoms with Crippen molar-refractivity contribution in [1.29, 1.82) is 0 Å². The van der Waals surface area contributed by atoms with Crippen LogP contribution in [0.2, 0.25) is 38.8 Å². The molecule has 2 aromatic carbocycles. The van der Waals surface area contributed by atoms with Crippen LogP contribution in [0.15, 0.2) is 30.3 Å². The standard InChI is InChI=1S/C26H38NOSi2.2ClH.Zr/c1-11-30(9,10)18(2)24-23(28-29(6,7)8)17-21-20-15-13-12-14-19(20)16-22(21)25(24)27-26(3,4)5;;;/h12-15,17,27H,11H2,1-10H3;2*1H;/q-1;;;+3/p-2. The second kappa shape index (κ2) is 11.6. The minimum atomic E-state index is -1.80. The first-order chi connectivity index (χ1) is 13.7. The van der Waals surface area contributed by atoms with Gasteiger partial charge in [-0.3, -0.25) is 0 Å². The predicted octanol–water partition coefficient (Wildman–Crippen LogP) is -0.140. The summed E-state index contributed by atoms with van der Waals surface area (Å²) >= 11 is 0. The molecule has 1 aliphatic carbocycles. The van der Waals surface area contributed by atoms with Crippen molar-refractivity contribution in [3.05, 3.63) is 56.8 Å². The Labute approximate surface area is 234 Å². The maximum absolute atomic E-state index is 6.76. The van der Waals surface area contributed by atoms with Gasteiger partial charge in [-0.25, -0.2) is 0 Å². The normalized spacial score (nSPS) is 13.3. The summed E-state index contributed by atoms with van der Waals surface area (Å²) in [6, 6.07) is 12.1. The maximum Gasteiger partial charge on any atom is 3.00 e. The van der Waals surface area contributed by atoms with Crippen molar-refractivity contribution < 1.29 is 55.4 Å². The number of rotatable bonds is 5. The van der Waals surface area contributed by atoms with E-state index in [-0.39, 0.29) is 56.6 Å². The van der Waals surface area contributed by atoms with Crippen LogP contribution in [-0.2, 0) is 26.2 Å². The molecule has 0 spiro atoms. The van der Waals surface area contributed by atoms with Crippen molar-refractivity contribution in [2.45, 2.75) is 78.9 Å². The van der Waals surface area contributed by atoms with Gasteiger partial charge in [-0.05, 0) is 58.2 Å². The molecule has 0 bridgehead atoms. The molecule has 0 heterocycles. The number of benzene rings is 2. The Kier molecular flexibility index (Phi) is 11.5. The van der Waals surface area contributed by atoms with E-state index in [9.17, 15) is 0 Å². The number of anilines is 1. The number of nitrogens with one attached hydrogen (secondary N) is 1. The first-order valence-electron chi connectivity index (χ1n) is 11.1. The molecule has 2 nitrogen and oxygen atoms in total. The molecule has 0 saturated carbocycles. The first-order valence-corrected chi connectivity index (χ1v) is 17.7. The summed E-state index contributed by atoms with van der Waals surface area (Å²) in [6.45, 7) is 23.1. The molecule has 0 fully saturated rings. The van der Waals surface area contributed by atoms with Crippen LogP contribution in [0.25, 0.3) is 11.3 Å². The molecule has 2 aromatic rings. The topological polar surface area (TPSA) is 21.3 Å². The van der Waals surface area contributed by atoms with E-state index in [1.165, 1.54) is 43.4 Å². The predicted molar refractivity (Wildman–Crippen MR) is 137 cm³/mol. The zero-order valence-corrected chi connectivity index (χ0v) is 27.7. The number of hydrogen-bond acceptors (Lipinski definition) is 2. The number of hydrogen-bond donors (Lipinski definition) is 1. The van der Waals surface area contributed by atoms with Crippen LogP contribution >= 0.6 is 0 Å². The van der Waals surface area contributed by atoms with Crippen LogP contribution in [0, 0.1) is 10.4 Å². The van der Waals surface area contributed by atoms with Crippen molar-refractivity contribution >= 4 is 33.4 Å². The van der Waals surface area contributed by atoms with E-state index in [0.29, 0.717) is 0 Å². The molecule has 1 aliphatic rings. The quantitative estimate of drug-likeness (QED) is 0.326. The van der Waals surface area contributed by atoms with Gasteiger partial charge in [0.15, 0.2) is 0 Å². The molecule has 1 N–H and O–H groups in total. The third kappa shape index (κ3) is 7.33. The average molecular weight is 599 g/mol. The Bertz CT molecular complexity index is 1200. The van der Waals surface area contributed by atoms with E-state index in [1.54, 1.807) is 0 Å². The van der Waals surface area contributed by atoms with Crippen molar-refractivity contribution in [3.8, 4) is 5.75 Å². The Hall–Kier alpha value is -0.323. The Balaban J connectivity index is 0.00000341. The van der Waals surface area contributed by atoms with Crippen molar-refractivity contribution in [2.75, 3.05) is 5.32 Å². The second-order valence-electron chi connectivity index (χ2n) is 11.2. The van der Waals surface area contributed by atoms with Crippen molar-refractivity contribution in [2.24, 2.45) is 0 Å². The van der Waals surface area contributed by atoms with Crippen molar-refractivity contribution in [1.82, 2.24) is 0 Å². The summed E-state index contributed by atoms with van der Waals surface area (Å²) in [4.78, 5) is 0. The minimum absolute atomic E-state index is 0. The maximum atomic E-state index is 6.76. The molecule has 0 amide bonds. The van der Waals surface area contributed by atoms with Gasteiger partial charge in [-0.1, -0.05) is 61.1 Å². The first kappa shape index (κ1) is 32.7. The summed E-state index contributed by atoms with van der Waals surface area (Å²) < 4.78 is 6.76. The molecule has 33 heavy (non-hydrogen) atoms. The van der Waals surface area contributed by atoms with Gasteiger partial charge >= 0.3 is 26.2 Å². The van der Waals surface area contributed by atoms with E-state index in [2.05, 4.69) is 109 Å². The van der Waals surface area contributed by atoms with Gasteiger partial charge in [-0.2, -0.15) is 0 Å². The molecular formula is C26H38Cl2NOSi2Zr.